The molecule has 0 aromatic heterocycles. The van der Waals surface area contributed by atoms with Crippen LogP contribution in [0.15, 0.2) is 29.2 Å². The van der Waals surface area contributed by atoms with Crippen LogP contribution in [-0.2, 0) is 19.6 Å². The van der Waals surface area contributed by atoms with Crippen LogP contribution in [0.1, 0.15) is 30.1 Å². The van der Waals surface area contributed by atoms with Gasteiger partial charge in [0, 0.05) is 6.04 Å². The molecule has 0 saturated heterocycles. The highest BCUT2D eigenvalue weighted by molar-refractivity contribution is 7.89. The Morgan fingerprint density at radius 1 is 1.35 bits per heavy atom. The Kier molecular flexibility index (Phi) is 5.38. The maximum Gasteiger partial charge on any atom is 0.338 e. The highest BCUT2D eigenvalue weighted by Crippen LogP contribution is 2.32. The van der Waals surface area contributed by atoms with Crippen LogP contribution >= 0.6 is 0 Å². The number of amides is 1. The lowest BCUT2D eigenvalue weighted by atomic mass is 10.2. The Labute approximate surface area is 135 Å². The molecule has 8 heteroatoms. The van der Waals surface area contributed by atoms with E-state index in [1.54, 1.807) is 0 Å². The zero-order valence-corrected chi connectivity index (χ0v) is 13.9. The minimum absolute atomic E-state index is 0.0405. The van der Waals surface area contributed by atoms with Gasteiger partial charge in [0.15, 0.2) is 6.61 Å². The second-order valence-corrected chi connectivity index (χ2v) is 7.39. The highest BCUT2D eigenvalue weighted by Gasteiger charge is 2.29. The SMILES string of the molecule is CNS(=O)(=O)c1cccc(C(=O)OCC(=O)N[C@H](C)C2CC2)c1. The predicted molar refractivity (Wildman–Crippen MR) is 83.3 cm³/mol. The van der Waals surface area contributed by atoms with Crippen LogP contribution in [0.4, 0.5) is 0 Å². The molecule has 0 bridgehead atoms. The molecule has 126 valence electrons. The molecule has 1 aromatic carbocycles. The zero-order chi connectivity index (χ0) is 17.0. The number of esters is 1. The molecule has 2 N–H and O–H groups in total. The Hall–Kier alpha value is -1.93. The summed E-state index contributed by atoms with van der Waals surface area (Å²) in [7, 11) is -2.36. The Balaban J connectivity index is 1.93. The fourth-order valence-electron chi connectivity index (χ4n) is 2.13. The number of carbonyl (C=O) groups excluding carboxylic acids is 2. The highest BCUT2D eigenvalue weighted by atomic mass is 32.2. The lowest BCUT2D eigenvalue weighted by molar-refractivity contribution is -0.124. The number of hydrogen-bond donors (Lipinski definition) is 2. The van der Waals surface area contributed by atoms with Gasteiger partial charge in [-0.3, -0.25) is 4.79 Å². The lowest BCUT2D eigenvalue weighted by Gasteiger charge is -2.12. The molecule has 0 radical (unpaired) electrons. The fourth-order valence-corrected chi connectivity index (χ4v) is 2.91. The first-order valence-corrected chi connectivity index (χ1v) is 8.82. The van der Waals surface area contributed by atoms with Crippen LogP contribution in [0.25, 0.3) is 0 Å². The molecule has 0 unspecified atom stereocenters. The summed E-state index contributed by atoms with van der Waals surface area (Å²) in [6, 6.07) is 5.52. The van der Waals surface area contributed by atoms with E-state index in [0.29, 0.717) is 5.92 Å². The Bertz CT molecular complexity index is 698. The molecule has 0 spiro atoms. The minimum atomic E-state index is -3.64. The number of sulfonamides is 1. The average molecular weight is 340 g/mol. The summed E-state index contributed by atoms with van der Waals surface area (Å²) in [5.74, 6) is -0.595. The molecule has 1 aliphatic carbocycles. The molecular formula is C15H20N2O5S. The molecule has 23 heavy (non-hydrogen) atoms. The first kappa shape index (κ1) is 17.4. The third-order valence-electron chi connectivity index (χ3n) is 3.70. The van der Waals surface area contributed by atoms with E-state index in [0.717, 1.165) is 12.8 Å². The van der Waals surface area contributed by atoms with Crippen LogP contribution in [0.2, 0.25) is 0 Å². The first-order valence-electron chi connectivity index (χ1n) is 7.33. The molecule has 0 aliphatic heterocycles. The van der Waals surface area contributed by atoms with Crippen LogP contribution in [-0.4, -0.2) is 40.0 Å². The standard InChI is InChI=1S/C15H20N2O5S/c1-10(11-6-7-11)17-14(18)9-22-15(19)12-4-3-5-13(8-12)23(20,21)16-2/h3-5,8,10-11,16H,6-7,9H2,1-2H3,(H,17,18)/t10-/m1/s1. The predicted octanol–water partition coefficient (Wildman–Crippen LogP) is 0.666. The van der Waals surface area contributed by atoms with Crippen LogP contribution in [0, 0.1) is 5.92 Å². The van der Waals surface area contributed by atoms with Crippen molar-refractivity contribution in [3.05, 3.63) is 29.8 Å². The summed E-state index contributed by atoms with van der Waals surface area (Å²) in [5, 5.41) is 2.77. The molecule has 1 fully saturated rings. The van der Waals surface area contributed by atoms with Gasteiger partial charge in [0.1, 0.15) is 0 Å². The second kappa shape index (κ2) is 7.10. The van der Waals surface area contributed by atoms with Gasteiger partial charge >= 0.3 is 5.97 Å². The molecule has 0 heterocycles. The number of ether oxygens (including phenoxy) is 1. The average Bonchev–Trinajstić information content (AvgIpc) is 3.37. The minimum Gasteiger partial charge on any atom is -0.452 e. The van der Waals surface area contributed by atoms with E-state index in [4.69, 9.17) is 4.74 Å². The van der Waals surface area contributed by atoms with Crippen molar-refractivity contribution < 1.29 is 22.7 Å². The summed E-state index contributed by atoms with van der Waals surface area (Å²) in [5.41, 5.74) is 0.0735. The van der Waals surface area contributed by atoms with Crippen molar-refractivity contribution >= 4 is 21.9 Å². The molecule has 2 rings (SSSR count). The normalized spacial score (nSPS) is 15.7. The quantitative estimate of drug-likeness (QED) is 0.710. The van der Waals surface area contributed by atoms with Gasteiger partial charge in [-0.25, -0.2) is 17.9 Å². The topological polar surface area (TPSA) is 102 Å². The van der Waals surface area contributed by atoms with Crippen molar-refractivity contribution in [2.75, 3.05) is 13.7 Å². The molecule has 1 aliphatic rings. The van der Waals surface area contributed by atoms with Gasteiger partial charge in [-0.05, 0) is 50.9 Å². The monoisotopic (exact) mass is 340 g/mol. The zero-order valence-electron chi connectivity index (χ0n) is 13.0. The summed E-state index contributed by atoms with van der Waals surface area (Å²) in [6.07, 6.45) is 2.21. The Morgan fingerprint density at radius 3 is 2.65 bits per heavy atom. The van der Waals surface area contributed by atoms with Gasteiger partial charge in [-0.2, -0.15) is 0 Å². The summed E-state index contributed by atoms with van der Waals surface area (Å²) in [4.78, 5) is 23.6. The number of nitrogens with one attached hydrogen (secondary N) is 2. The molecule has 7 nitrogen and oxygen atoms in total. The number of benzene rings is 1. The number of carbonyl (C=O) groups is 2. The van der Waals surface area contributed by atoms with Crippen molar-refractivity contribution in [2.45, 2.75) is 30.7 Å². The largest absolute Gasteiger partial charge is 0.452 e. The first-order chi connectivity index (χ1) is 10.8. The second-order valence-electron chi connectivity index (χ2n) is 5.51. The van der Waals surface area contributed by atoms with E-state index < -0.39 is 16.0 Å². The molecule has 1 atom stereocenters. The Morgan fingerprint density at radius 2 is 2.04 bits per heavy atom. The summed E-state index contributed by atoms with van der Waals surface area (Å²) >= 11 is 0. The van der Waals surface area contributed by atoms with Crippen molar-refractivity contribution in [1.82, 2.24) is 10.0 Å². The van der Waals surface area contributed by atoms with Crippen molar-refractivity contribution in [3.63, 3.8) is 0 Å². The lowest BCUT2D eigenvalue weighted by Crippen LogP contribution is -2.37. The van der Waals surface area contributed by atoms with E-state index >= 15 is 0 Å². The van der Waals surface area contributed by atoms with E-state index in [9.17, 15) is 18.0 Å². The van der Waals surface area contributed by atoms with Crippen molar-refractivity contribution in [3.8, 4) is 0 Å². The third-order valence-corrected chi connectivity index (χ3v) is 5.11. The van der Waals surface area contributed by atoms with Crippen LogP contribution in [0.5, 0.6) is 0 Å². The van der Waals surface area contributed by atoms with E-state index in [1.165, 1.54) is 31.3 Å². The summed E-state index contributed by atoms with van der Waals surface area (Å²) < 4.78 is 30.5. The van der Waals surface area contributed by atoms with Crippen LogP contribution in [0.3, 0.4) is 0 Å². The van der Waals surface area contributed by atoms with Crippen LogP contribution < -0.4 is 10.0 Å². The number of hydrogen-bond acceptors (Lipinski definition) is 5. The number of rotatable bonds is 7. The van der Waals surface area contributed by atoms with Crippen molar-refractivity contribution in [2.24, 2.45) is 5.92 Å². The van der Waals surface area contributed by atoms with Gasteiger partial charge in [0.2, 0.25) is 10.0 Å². The molecule has 1 amide bonds. The summed E-state index contributed by atoms with van der Waals surface area (Å²) in [6.45, 7) is 1.53. The van der Waals surface area contributed by atoms with E-state index in [2.05, 4.69) is 10.0 Å². The van der Waals surface area contributed by atoms with Gasteiger partial charge in [-0.15, -0.1) is 0 Å². The van der Waals surface area contributed by atoms with Crippen molar-refractivity contribution in [1.29, 1.82) is 0 Å². The van der Waals surface area contributed by atoms with Gasteiger partial charge in [0.25, 0.3) is 5.91 Å². The van der Waals surface area contributed by atoms with Gasteiger partial charge < -0.3 is 10.1 Å². The molecular weight excluding hydrogens is 320 g/mol. The van der Waals surface area contributed by atoms with Gasteiger partial charge in [-0.1, -0.05) is 6.07 Å². The van der Waals surface area contributed by atoms with E-state index in [-0.39, 0.29) is 29.0 Å². The third kappa shape index (κ3) is 4.77. The smallest absolute Gasteiger partial charge is 0.338 e. The maximum atomic E-state index is 11.9. The maximum absolute atomic E-state index is 11.9. The van der Waals surface area contributed by atoms with E-state index in [1.807, 2.05) is 6.92 Å². The van der Waals surface area contributed by atoms with Gasteiger partial charge in [0.05, 0.1) is 10.5 Å². The fraction of sp³-hybridized carbons (Fsp3) is 0.467. The molecule has 1 aromatic rings. The molecule has 1 saturated carbocycles.